The number of urea groups is 1. The van der Waals surface area contributed by atoms with Crippen molar-refractivity contribution in [1.82, 2.24) is 15.0 Å². The van der Waals surface area contributed by atoms with Crippen LogP contribution in [-0.2, 0) is 0 Å². The van der Waals surface area contributed by atoms with Gasteiger partial charge in [0.1, 0.15) is 0 Å². The number of benzene rings is 2. The van der Waals surface area contributed by atoms with Crippen LogP contribution in [0.3, 0.4) is 0 Å². The average Bonchev–Trinajstić information content (AvgIpc) is 3.25. The summed E-state index contributed by atoms with van der Waals surface area (Å²) in [5, 5.41) is 17.6. The fourth-order valence-corrected chi connectivity index (χ4v) is 3.53. The smallest absolute Gasteiger partial charge is 0.321 e. The zero-order valence-electron chi connectivity index (χ0n) is 16.4. The Kier molecular flexibility index (Phi) is 5.42. The fourth-order valence-electron chi connectivity index (χ4n) is 3.53. The number of nitro groups is 1. The summed E-state index contributed by atoms with van der Waals surface area (Å²) in [6.45, 7) is 3.09. The molecule has 0 saturated carbocycles. The van der Waals surface area contributed by atoms with E-state index in [1.807, 2.05) is 31.2 Å². The number of carbonyl (C=O) groups is 1. The Morgan fingerprint density at radius 2 is 2.07 bits per heavy atom. The number of hydrogen-bond acceptors (Lipinski definition) is 6. The van der Waals surface area contributed by atoms with Crippen LogP contribution in [0.4, 0.5) is 16.2 Å². The summed E-state index contributed by atoms with van der Waals surface area (Å²) >= 11 is 0. The van der Waals surface area contributed by atoms with Crippen LogP contribution < -0.4 is 5.32 Å². The number of rotatable bonds is 4. The van der Waals surface area contributed by atoms with E-state index < -0.39 is 4.92 Å². The maximum atomic E-state index is 12.6. The van der Waals surface area contributed by atoms with Gasteiger partial charge in [-0.2, -0.15) is 4.98 Å². The minimum absolute atomic E-state index is 0.0214. The lowest BCUT2D eigenvalue weighted by molar-refractivity contribution is -0.384. The van der Waals surface area contributed by atoms with E-state index >= 15 is 0 Å². The van der Waals surface area contributed by atoms with Crippen molar-refractivity contribution in [2.75, 3.05) is 18.4 Å². The number of aryl methyl sites for hydroxylation is 1. The minimum Gasteiger partial charge on any atom is -0.339 e. The van der Waals surface area contributed by atoms with Gasteiger partial charge in [-0.05, 0) is 38.0 Å². The van der Waals surface area contributed by atoms with Gasteiger partial charge in [-0.15, -0.1) is 0 Å². The van der Waals surface area contributed by atoms with Crippen LogP contribution in [0.1, 0.15) is 30.2 Å². The van der Waals surface area contributed by atoms with Gasteiger partial charge in [0, 0.05) is 36.5 Å². The number of carbonyl (C=O) groups excluding carboxylic acids is 1. The van der Waals surface area contributed by atoms with Gasteiger partial charge in [-0.25, -0.2) is 4.79 Å². The molecule has 1 atom stereocenters. The van der Waals surface area contributed by atoms with Crippen molar-refractivity contribution in [3.8, 4) is 11.4 Å². The van der Waals surface area contributed by atoms with Gasteiger partial charge in [0.15, 0.2) is 0 Å². The average molecular weight is 407 g/mol. The lowest BCUT2D eigenvalue weighted by Gasteiger charge is -2.31. The lowest BCUT2D eigenvalue weighted by atomic mass is 9.98. The highest BCUT2D eigenvalue weighted by atomic mass is 16.6. The lowest BCUT2D eigenvalue weighted by Crippen LogP contribution is -2.41. The molecule has 1 fully saturated rings. The number of non-ortho nitro benzene ring substituents is 1. The molecule has 30 heavy (non-hydrogen) atoms. The van der Waals surface area contributed by atoms with E-state index in [9.17, 15) is 14.9 Å². The van der Waals surface area contributed by atoms with Crippen LogP contribution >= 0.6 is 0 Å². The highest BCUT2D eigenvalue weighted by Gasteiger charge is 2.29. The summed E-state index contributed by atoms with van der Waals surface area (Å²) in [5.41, 5.74) is 2.50. The van der Waals surface area contributed by atoms with Crippen LogP contribution in [0, 0.1) is 17.0 Å². The van der Waals surface area contributed by atoms with Crippen LogP contribution in [0.5, 0.6) is 0 Å². The van der Waals surface area contributed by atoms with Gasteiger partial charge in [0.25, 0.3) is 5.69 Å². The minimum atomic E-state index is -0.476. The van der Waals surface area contributed by atoms with E-state index in [2.05, 4.69) is 15.5 Å². The first kappa shape index (κ1) is 19.6. The SMILES string of the molecule is Cc1cccc(-c2noc(C3CCCN(C(=O)Nc4ccc([N+](=O)[O-])cc4)C3)n2)c1. The number of anilines is 1. The molecule has 1 aromatic heterocycles. The maximum Gasteiger partial charge on any atom is 0.321 e. The Bertz CT molecular complexity index is 1060. The molecule has 1 aliphatic heterocycles. The summed E-state index contributed by atoms with van der Waals surface area (Å²) in [6.07, 6.45) is 1.68. The van der Waals surface area contributed by atoms with E-state index in [0.717, 1.165) is 24.0 Å². The molecular formula is C21H21N5O4. The van der Waals surface area contributed by atoms with Crippen LogP contribution in [-0.4, -0.2) is 39.1 Å². The van der Waals surface area contributed by atoms with Crippen molar-refractivity contribution < 1.29 is 14.2 Å². The second kappa shape index (κ2) is 8.32. The Labute approximate surface area is 172 Å². The molecule has 9 nitrogen and oxygen atoms in total. The zero-order valence-corrected chi connectivity index (χ0v) is 16.4. The summed E-state index contributed by atoms with van der Waals surface area (Å²) in [5.74, 6) is 1.04. The molecular weight excluding hydrogens is 386 g/mol. The third-order valence-corrected chi connectivity index (χ3v) is 5.11. The maximum absolute atomic E-state index is 12.6. The van der Waals surface area contributed by atoms with Gasteiger partial charge in [0.05, 0.1) is 10.8 Å². The summed E-state index contributed by atoms with van der Waals surface area (Å²) in [4.78, 5) is 29.2. The number of nitrogens with one attached hydrogen (secondary N) is 1. The fraction of sp³-hybridized carbons (Fsp3) is 0.286. The number of piperidine rings is 1. The van der Waals surface area contributed by atoms with Crippen molar-refractivity contribution in [2.24, 2.45) is 0 Å². The molecule has 0 spiro atoms. The largest absolute Gasteiger partial charge is 0.339 e. The molecule has 1 unspecified atom stereocenters. The van der Waals surface area contributed by atoms with Gasteiger partial charge in [-0.1, -0.05) is 28.9 Å². The quantitative estimate of drug-likeness (QED) is 0.507. The summed E-state index contributed by atoms with van der Waals surface area (Å²) in [6, 6.07) is 13.4. The number of nitro benzene ring substituents is 1. The molecule has 2 aromatic carbocycles. The topological polar surface area (TPSA) is 114 Å². The molecule has 0 radical (unpaired) electrons. The van der Waals surface area contributed by atoms with Crippen molar-refractivity contribution >= 4 is 17.4 Å². The van der Waals surface area contributed by atoms with E-state index in [1.54, 1.807) is 4.90 Å². The molecule has 1 saturated heterocycles. The van der Waals surface area contributed by atoms with Crippen LogP contribution in [0.2, 0.25) is 0 Å². The summed E-state index contributed by atoms with van der Waals surface area (Å²) in [7, 11) is 0. The third kappa shape index (κ3) is 4.29. The molecule has 154 valence electrons. The Balaban J connectivity index is 1.42. The predicted molar refractivity (Wildman–Crippen MR) is 110 cm³/mol. The summed E-state index contributed by atoms with van der Waals surface area (Å²) < 4.78 is 5.50. The molecule has 1 aliphatic rings. The zero-order chi connectivity index (χ0) is 21.1. The van der Waals surface area contributed by atoms with Crippen LogP contribution in [0.25, 0.3) is 11.4 Å². The molecule has 0 aliphatic carbocycles. The van der Waals surface area contributed by atoms with Crippen molar-refractivity contribution in [1.29, 1.82) is 0 Å². The second-order valence-corrected chi connectivity index (χ2v) is 7.35. The normalized spacial score (nSPS) is 16.3. The standard InChI is InChI=1S/C21H21N5O4/c1-14-4-2-5-15(12-14)19-23-20(30-24-19)16-6-3-11-25(13-16)21(27)22-17-7-9-18(10-8-17)26(28)29/h2,4-5,7-10,12,16H,3,6,11,13H2,1H3,(H,22,27). The van der Waals surface area contributed by atoms with Gasteiger partial charge >= 0.3 is 6.03 Å². The van der Waals surface area contributed by atoms with Gasteiger partial charge in [0.2, 0.25) is 11.7 Å². The molecule has 1 N–H and O–H groups in total. The first-order chi connectivity index (χ1) is 14.5. The highest BCUT2D eigenvalue weighted by Crippen LogP contribution is 2.28. The Morgan fingerprint density at radius 1 is 1.27 bits per heavy atom. The van der Waals surface area contributed by atoms with Gasteiger partial charge in [-0.3, -0.25) is 10.1 Å². The second-order valence-electron chi connectivity index (χ2n) is 7.35. The van der Waals surface area contributed by atoms with Crippen LogP contribution in [0.15, 0.2) is 53.1 Å². The first-order valence-corrected chi connectivity index (χ1v) is 9.70. The Hall–Kier alpha value is -3.75. The van der Waals surface area contributed by atoms with E-state index in [1.165, 1.54) is 24.3 Å². The monoisotopic (exact) mass is 407 g/mol. The highest BCUT2D eigenvalue weighted by molar-refractivity contribution is 5.89. The first-order valence-electron chi connectivity index (χ1n) is 9.70. The molecule has 2 heterocycles. The Morgan fingerprint density at radius 3 is 2.80 bits per heavy atom. The molecule has 9 heteroatoms. The van der Waals surface area contributed by atoms with E-state index in [-0.39, 0.29) is 17.6 Å². The number of aromatic nitrogens is 2. The van der Waals surface area contributed by atoms with E-state index in [4.69, 9.17) is 4.52 Å². The number of hydrogen-bond donors (Lipinski definition) is 1. The molecule has 3 aromatic rings. The predicted octanol–water partition coefficient (Wildman–Crippen LogP) is 4.36. The molecule has 0 bridgehead atoms. The third-order valence-electron chi connectivity index (χ3n) is 5.11. The van der Waals surface area contributed by atoms with Crippen molar-refractivity contribution in [2.45, 2.75) is 25.7 Å². The van der Waals surface area contributed by atoms with E-state index in [0.29, 0.717) is 30.5 Å². The number of nitrogens with zero attached hydrogens (tertiary/aromatic N) is 4. The molecule has 2 amide bonds. The molecule has 4 rings (SSSR count). The number of likely N-dealkylation sites (tertiary alicyclic amines) is 1. The van der Waals surface area contributed by atoms with Crippen molar-refractivity contribution in [3.63, 3.8) is 0 Å². The number of amides is 2. The van der Waals surface area contributed by atoms with Crippen molar-refractivity contribution in [3.05, 3.63) is 70.1 Å². The van der Waals surface area contributed by atoms with Gasteiger partial charge < -0.3 is 14.7 Å².